The van der Waals surface area contributed by atoms with Crippen molar-refractivity contribution in [2.75, 3.05) is 12.3 Å². The zero-order valence-electron chi connectivity index (χ0n) is 9.79. The summed E-state index contributed by atoms with van der Waals surface area (Å²) in [6.07, 6.45) is 1.09. The van der Waals surface area contributed by atoms with Crippen LogP contribution in [0.3, 0.4) is 0 Å². The third-order valence-electron chi connectivity index (χ3n) is 2.80. The molecule has 0 amide bonds. The molecule has 1 aromatic rings. The number of hydrogen-bond acceptors (Lipinski definition) is 2. The molecule has 2 rings (SSSR count). The van der Waals surface area contributed by atoms with Crippen LogP contribution in [-0.2, 0) is 0 Å². The summed E-state index contributed by atoms with van der Waals surface area (Å²) in [6, 6.07) is 5.73. The molecule has 0 spiro atoms. The third-order valence-corrected chi connectivity index (χ3v) is 3.96. The zero-order valence-corrected chi connectivity index (χ0v) is 10.6. The number of halogens is 1. The highest BCUT2D eigenvalue weighted by Crippen LogP contribution is 2.37. The number of rotatable bonds is 3. The van der Waals surface area contributed by atoms with Crippen molar-refractivity contribution in [2.24, 2.45) is 5.92 Å². The molecule has 1 aromatic carbocycles. The molecule has 88 valence electrons. The summed E-state index contributed by atoms with van der Waals surface area (Å²) in [5.41, 5.74) is 1.14. The van der Waals surface area contributed by atoms with E-state index in [1.54, 1.807) is 17.8 Å². The van der Waals surface area contributed by atoms with E-state index in [4.69, 9.17) is 0 Å². The lowest BCUT2D eigenvalue weighted by Crippen LogP contribution is -2.28. The molecule has 16 heavy (non-hydrogen) atoms. The monoisotopic (exact) mass is 239 g/mol. The van der Waals surface area contributed by atoms with Crippen LogP contribution < -0.4 is 5.32 Å². The van der Waals surface area contributed by atoms with Gasteiger partial charge in [-0.1, -0.05) is 26.0 Å². The minimum atomic E-state index is -0.0708. The van der Waals surface area contributed by atoms with Crippen molar-refractivity contribution >= 4 is 11.8 Å². The van der Waals surface area contributed by atoms with Crippen molar-refractivity contribution in [1.29, 1.82) is 0 Å². The van der Waals surface area contributed by atoms with Crippen LogP contribution in [-0.4, -0.2) is 12.3 Å². The lowest BCUT2D eigenvalue weighted by atomic mass is 10.0. The fourth-order valence-electron chi connectivity index (χ4n) is 1.98. The van der Waals surface area contributed by atoms with Crippen LogP contribution in [0.1, 0.15) is 31.9 Å². The van der Waals surface area contributed by atoms with Gasteiger partial charge in [0.1, 0.15) is 5.82 Å². The molecule has 0 fully saturated rings. The normalized spacial score (nSPS) is 19.9. The molecule has 1 heterocycles. The maximum Gasteiger partial charge on any atom is 0.137 e. The number of thioether (sulfide) groups is 1. The summed E-state index contributed by atoms with van der Waals surface area (Å²) >= 11 is 1.64. The molecule has 1 atom stereocenters. The average Bonchev–Trinajstić information content (AvgIpc) is 2.27. The molecule has 0 aromatic heterocycles. The molecule has 0 aliphatic carbocycles. The second-order valence-corrected chi connectivity index (χ2v) is 5.76. The summed E-state index contributed by atoms with van der Waals surface area (Å²) in [7, 11) is 0. The Morgan fingerprint density at radius 2 is 2.31 bits per heavy atom. The minimum Gasteiger partial charge on any atom is -0.310 e. The summed E-state index contributed by atoms with van der Waals surface area (Å²) in [5, 5.41) is 3.52. The van der Waals surface area contributed by atoms with Gasteiger partial charge in [0.15, 0.2) is 0 Å². The van der Waals surface area contributed by atoms with Crippen molar-refractivity contribution in [3.63, 3.8) is 0 Å². The van der Waals surface area contributed by atoms with Gasteiger partial charge in [-0.25, -0.2) is 4.39 Å². The van der Waals surface area contributed by atoms with Crippen LogP contribution in [0.2, 0.25) is 0 Å². The van der Waals surface area contributed by atoms with E-state index < -0.39 is 0 Å². The standard InChI is InChI=1S/C13H18FNS/c1-9(2)8-15-12-6-7-16-13-10(12)4-3-5-11(13)14/h3-5,9,12,15H,6-8H2,1-2H3. The Bertz CT molecular complexity index is 365. The van der Waals surface area contributed by atoms with E-state index in [-0.39, 0.29) is 5.82 Å². The van der Waals surface area contributed by atoms with Gasteiger partial charge in [0, 0.05) is 10.9 Å². The quantitative estimate of drug-likeness (QED) is 0.864. The summed E-state index contributed by atoms with van der Waals surface area (Å²) in [5.74, 6) is 1.56. The molecule has 0 saturated carbocycles. The molecule has 1 nitrogen and oxygen atoms in total. The Kier molecular flexibility index (Phi) is 3.87. The van der Waals surface area contributed by atoms with Crippen molar-refractivity contribution in [1.82, 2.24) is 5.32 Å². The van der Waals surface area contributed by atoms with Gasteiger partial charge in [-0.2, -0.15) is 0 Å². The molecule has 1 aliphatic heterocycles. The third kappa shape index (κ3) is 2.58. The van der Waals surface area contributed by atoms with E-state index in [1.807, 2.05) is 12.1 Å². The lowest BCUT2D eigenvalue weighted by molar-refractivity contribution is 0.453. The fraction of sp³-hybridized carbons (Fsp3) is 0.538. The Morgan fingerprint density at radius 3 is 3.06 bits per heavy atom. The predicted molar refractivity (Wildman–Crippen MR) is 67.3 cm³/mol. The van der Waals surface area contributed by atoms with E-state index in [9.17, 15) is 4.39 Å². The van der Waals surface area contributed by atoms with E-state index in [1.165, 1.54) is 0 Å². The van der Waals surface area contributed by atoms with Gasteiger partial charge in [0.25, 0.3) is 0 Å². The van der Waals surface area contributed by atoms with Gasteiger partial charge >= 0.3 is 0 Å². The van der Waals surface area contributed by atoms with E-state index in [0.29, 0.717) is 12.0 Å². The van der Waals surface area contributed by atoms with Crippen LogP contribution in [0.15, 0.2) is 23.1 Å². The number of benzene rings is 1. The fourth-order valence-corrected chi connectivity index (χ4v) is 3.12. The van der Waals surface area contributed by atoms with Gasteiger partial charge in [0.05, 0.1) is 0 Å². The van der Waals surface area contributed by atoms with E-state index >= 15 is 0 Å². The predicted octanol–water partition coefficient (Wildman–Crippen LogP) is 3.61. The Balaban J connectivity index is 2.16. The first-order chi connectivity index (χ1) is 7.68. The van der Waals surface area contributed by atoms with Gasteiger partial charge in [-0.3, -0.25) is 0 Å². The largest absolute Gasteiger partial charge is 0.310 e. The van der Waals surface area contributed by atoms with Crippen molar-refractivity contribution < 1.29 is 4.39 Å². The highest BCUT2D eigenvalue weighted by Gasteiger charge is 2.22. The number of nitrogens with one attached hydrogen (secondary N) is 1. The van der Waals surface area contributed by atoms with Gasteiger partial charge in [-0.05, 0) is 36.3 Å². The summed E-state index contributed by atoms with van der Waals surface area (Å²) in [4.78, 5) is 0.843. The smallest absolute Gasteiger partial charge is 0.137 e. The Morgan fingerprint density at radius 1 is 1.50 bits per heavy atom. The van der Waals surface area contributed by atoms with Gasteiger partial charge in [-0.15, -0.1) is 11.8 Å². The first-order valence-electron chi connectivity index (χ1n) is 5.83. The maximum atomic E-state index is 13.6. The average molecular weight is 239 g/mol. The molecule has 1 aliphatic rings. The van der Waals surface area contributed by atoms with Crippen molar-refractivity contribution in [3.05, 3.63) is 29.6 Å². The molecule has 0 bridgehead atoms. The molecule has 3 heteroatoms. The molecule has 1 unspecified atom stereocenters. The first-order valence-corrected chi connectivity index (χ1v) is 6.81. The highest BCUT2D eigenvalue weighted by atomic mass is 32.2. The second-order valence-electron chi connectivity index (χ2n) is 4.65. The molecular formula is C13H18FNS. The SMILES string of the molecule is CC(C)CNC1CCSc2c(F)cccc21. The minimum absolute atomic E-state index is 0.0708. The van der Waals surface area contributed by atoms with Crippen molar-refractivity contribution in [3.8, 4) is 0 Å². The molecular weight excluding hydrogens is 221 g/mol. The van der Waals surface area contributed by atoms with E-state index in [0.717, 1.165) is 29.2 Å². The van der Waals surface area contributed by atoms with Crippen LogP contribution in [0, 0.1) is 11.7 Å². The highest BCUT2D eigenvalue weighted by molar-refractivity contribution is 7.99. The topological polar surface area (TPSA) is 12.0 Å². The zero-order chi connectivity index (χ0) is 11.5. The van der Waals surface area contributed by atoms with Crippen LogP contribution in [0.4, 0.5) is 4.39 Å². The number of hydrogen-bond donors (Lipinski definition) is 1. The Hall–Kier alpha value is -0.540. The Labute approximate surface area is 101 Å². The van der Waals surface area contributed by atoms with Gasteiger partial charge < -0.3 is 5.32 Å². The molecule has 0 radical (unpaired) electrons. The van der Waals surface area contributed by atoms with Crippen LogP contribution in [0.5, 0.6) is 0 Å². The molecule has 1 N–H and O–H groups in total. The first kappa shape index (κ1) is 11.9. The second kappa shape index (κ2) is 5.19. The number of fused-ring (bicyclic) bond motifs is 1. The van der Waals surface area contributed by atoms with Crippen molar-refractivity contribution in [2.45, 2.75) is 31.2 Å². The van der Waals surface area contributed by atoms with E-state index in [2.05, 4.69) is 19.2 Å². The molecule has 0 saturated heterocycles. The summed E-state index contributed by atoms with van der Waals surface area (Å²) in [6.45, 7) is 5.37. The van der Waals surface area contributed by atoms with Crippen LogP contribution in [0.25, 0.3) is 0 Å². The lowest BCUT2D eigenvalue weighted by Gasteiger charge is -2.27. The van der Waals surface area contributed by atoms with Crippen LogP contribution >= 0.6 is 11.8 Å². The van der Waals surface area contributed by atoms with Gasteiger partial charge in [0.2, 0.25) is 0 Å². The maximum absolute atomic E-state index is 13.6. The summed E-state index contributed by atoms with van der Waals surface area (Å²) < 4.78 is 13.6.